The van der Waals surface area contributed by atoms with Gasteiger partial charge in [-0.1, -0.05) is 6.92 Å². The second-order valence-corrected chi connectivity index (χ2v) is 2.95. The fraction of sp³-hybridized carbons (Fsp3) is 0.778. The standard InChI is InChI=1S/C6H12O2.C3H3F3O/c1-4-6(7)8-5(2)3;1-2(7)3(4,5)6/h5H,4H2,1-3H3;1H3. The Morgan fingerprint density at radius 2 is 1.60 bits per heavy atom. The Morgan fingerprint density at radius 3 is 1.67 bits per heavy atom. The van der Waals surface area contributed by atoms with E-state index in [1.165, 1.54) is 0 Å². The molecule has 0 aliphatic heterocycles. The summed E-state index contributed by atoms with van der Waals surface area (Å²) < 4.78 is 37.2. The van der Waals surface area contributed by atoms with E-state index < -0.39 is 12.0 Å². The summed E-state index contributed by atoms with van der Waals surface area (Å²) >= 11 is 0. The number of hydrogen-bond acceptors (Lipinski definition) is 3. The highest BCUT2D eigenvalue weighted by Gasteiger charge is 2.33. The molecule has 90 valence electrons. The zero-order valence-corrected chi connectivity index (χ0v) is 9.14. The third kappa shape index (κ3) is 12.9. The SMILES string of the molecule is CC(=O)C(F)(F)F.CCC(=O)OC(C)C. The topological polar surface area (TPSA) is 43.4 Å². The molecule has 0 aliphatic rings. The van der Waals surface area contributed by atoms with E-state index in [4.69, 9.17) is 4.74 Å². The van der Waals surface area contributed by atoms with Crippen molar-refractivity contribution in [1.82, 2.24) is 0 Å². The number of carbonyl (C=O) groups excluding carboxylic acids is 2. The van der Waals surface area contributed by atoms with E-state index >= 15 is 0 Å². The number of rotatable bonds is 2. The first-order valence-electron chi connectivity index (χ1n) is 4.38. The quantitative estimate of drug-likeness (QED) is 0.682. The third-order valence-electron chi connectivity index (χ3n) is 1.06. The van der Waals surface area contributed by atoms with Crippen LogP contribution in [0.25, 0.3) is 0 Å². The minimum Gasteiger partial charge on any atom is -0.463 e. The van der Waals surface area contributed by atoms with Crippen molar-refractivity contribution in [2.45, 2.75) is 46.4 Å². The maximum Gasteiger partial charge on any atom is 0.449 e. The predicted octanol–water partition coefficient (Wildman–Crippen LogP) is 2.49. The molecular weight excluding hydrogens is 213 g/mol. The Labute approximate surface area is 86.6 Å². The van der Waals surface area contributed by atoms with Gasteiger partial charge in [-0.3, -0.25) is 9.59 Å². The molecule has 0 atom stereocenters. The number of halogens is 3. The van der Waals surface area contributed by atoms with Crippen LogP contribution in [-0.4, -0.2) is 24.0 Å². The zero-order valence-electron chi connectivity index (χ0n) is 9.14. The number of Topliss-reactive ketones (excluding diaryl/α,β-unsaturated/α-hetero) is 1. The highest BCUT2D eigenvalue weighted by atomic mass is 19.4. The van der Waals surface area contributed by atoms with E-state index in [1.54, 1.807) is 6.92 Å². The van der Waals surface area contributed by atoms with Crippen LogP contribution in [0.1, 0.15) is 34.1 Å². The van der Waals surface area contributed by atoms with Crippen molar-refractivity contribution in [3.05, 3.63) is 0 Å². The zero-order chi connectivity index (χ0) is 12.6. The van der Waals surface area contributed by atoms with Gasteiger partial charge in [0.15, 0.2) is 0 Å². The number of ether oxygens (including phenoxy) is 1. The second-order valence-electron chi connectivity index (χ2n) is 2.95. The third-order valence-corrected chi connectivity index (χ3v) is 1.06. The van der Waals surface area contributed by atoms with Gasteiger partial charge in [0.1, 0.15) is 0 Å². The predicted molar refractivity (Wildman–Crippen MR) is 48.3 cm³/mol. The molecule has 0 aromatic rings. The van der Waals surface area contributed by atoms with Gasteiger partial charge in [-0.05, 0) is 13.8 Å². The second kappa shape index (κ2) is 7.25. The van der Waals surface area contributed by atoms with Crippen LogP contribution in [0.5, 0.6) is 0 Å². The molecule has 0 saturated carbocycles. The van der Waals surface area contributed by atoms with E-state index in [1.807, 2.05) is 13.8 Å². The van der Waals surface area contributed by atoms with Crippen LogP contribution in [0.4, 0.5) is 13.2 Å². The normalized spacial score (nSPS) is 10.4. The Bertz CT molecular complexity index is 209. The van der Waals surface area contributed by atoms with Gasteiger partial charge in [-0.15, -0.1) is 0 Å². The Balaban J connectivity index is 0. The molecule has 0 fully saturated rings. The lowest BCUT2D eigenvalue weighted by atomic mass is 10.4. The summed E-state index contributed by atoms with van der Waals surface area (Å²) in [4.78, 5) is 19.7. The van der Waals surface area contributed by atoms with E-state index in [0.717, 1.165) is 0 Å². The molecule has 0 saturated heterocycles. The Morgan fingerprint density at radius 1 is 1.27 bits per heavy atom. The maximum atomic E-state index is 10.8. The van der Waals surface area contributed by atoms with Crippen molar-refractivity contribution in [2.75, 3.05) is 0 Å². The van der Waals surface area contributed by atoms with Crippen LogP contribution in [-0.2, 0) is 14.3 Å². The molecule has 0 N–H and O–H groups in total. The summed E-state index contributed by atoms with van der Waals surface area (Å²) in [7, 11) is 0. The highest BCUT2D eigenvalue weighted by molar-refractivity contribution is 5.81. The molecular formula is C9H15F3O3. The van der Waals surface area contributed by atoms with Gasteiger partial charge in [0.25, 0.3) is 0 Å². The van der Waals surface area contributed by atoms with Crippen molar-refractivity contribution in [2.24, 2.45) is 0 Å². The van der Waals surface area contributed by atoms with Gasteiger partial charge in [0, 0.05) is 13.3 Å². The molecule has 0 bridgehead atoms. The fourth-order valence-electron chi connectivity index (χ4n) is 0.346. The molecule has 0 rings (SSSR count). The molecule has 0 spiro atoms. The molecule has 0 unspecified atom stereocenters. The largest absolute Gasteiger partial charge is 0.463 e. The lowest BCUT2D eigenvalue weighted by Gasteiger charge is -2.04. The maximum absolute atomic E-state index is 10.8. The summed E-state index contributed by atoms with van der Waals surface area (Å²) in [5, 5.41) is 0. The molecule has 0 aromatic carbocycles. The number of esters is 1. The minimum atomic E-state index is -4.64. The molecule has 0 aliphatic carbocycles. The molecule has 6 heteroatoms. The first kappa shape index (κ1) is 16.4. The van der Waals surface area contributed by atoms with E-state index in [0.29, 0.717) is 13.3 Å². The first-order valence-corrected chi connectivity index (χ1v) is 4.38. The summed E-state index contributed by atoms with van der Waals surface area (Å²) in [6.07, 6.45) is -4.14. The van der Waals surface area contributed by atoms with Crippen molar-refractivity contribution < 1.29 is 27.5 Å². The Kier molecular flexibility index (Phi) is 7.91. The smallest absolute Gasteiger partial charge is 0.449 e. The number of ketones is 1. The number of carbonyl (C=O) groups is 2. The van der Waals surface area contributed by atoms with Crippen molar-refractivity contribution in [3.8, 4) is 0 Å². The number of hydrogen-bond donors (Lipinski definition) is 0. The number of alkyl halides is 3. The van der Waals surface area contributed by atoms with Crippen molar-refractivity contribution >= 4 is 11.8 Å². The van der Waals surface area contributed by atoms with Crippen LogP contribution >= 0.6 is 0 Å². The van der Waals surface area contributed by atoms with Crippen LogP contribution in [0, 0.1) is 0 Å². The molecule has 0 amide bonds. The molecule has 0 radical (unpaired) electrons. The first-order chi connectivity index (χ1) is 6.61. The lowest BCUT2D eigenvalue weighted by molar-refractivity contribution is -0.168. The monoisotopic (exact) mass is 228 g/mol. The van der Waals surface area contributed by atoms with Gasteiger partial charge >= 0.3 is 12.1 Å². The van der Waals surface area contributed by atoms with Gasteiger partial charge in [0.05, 0.1) is 6.10 Å². The van der Waals surface area contributed by atoms with Crippen LogP contribution in [0.3, 0.4) is 0 Å². The summed E-state index contributed by atoms with van der Waals surface area (Å²) in [5.41, 5.74) is 0. The van der Waals surface area contributed by atoms with Crippen LogP contribution < -0.4 is 0 Å². The molecule has 0 aromatic heterocycles. The van der Waals surface area contributed by atoms with Gasteiger partial charge in [-0.25, -0.2) is 0 Å². The molecule has 0 heterocycles. The van der Waals surface area contributed by atoms with E-state index in [9.17, 15) is 22.8 Å². The van der Waals surface area contributed by atoms with Gasteiger partial charge < -0.3 is 4.74 Å². The van der Waals surface area contributed by atoms with Gasteiger partial charge in [0.2, 0.25) is 5.78 Å². The van der Waals surface area contributed by atoms with E-state index in [2.05, 4.69) is 0 Å². The van der Waals surface area contributed by atoms with E-state index in [-0.39, 0.29) is 12.1 Å². The van der Waals surface area contributed by atoms with Crippen LogP contribution in [0.15, 0.2) is 0 Å². The molecule has 3 nitrogen and oxygen atoms in total. The average molecular weight is 228 g/mol. The van der Waals surface area contributed by atoms with Crippen LogP contribution in [0.2, 0.25) is 0 Å². The van der Waals surface area contributed by atoms with Gasteiger partial charge in [-0.2, -0.15) is 13.2 Å². The minimum absolute atomic E-state index is 0.0300. The molecule has 15 heavy (non-hydrogen) atoms. The summed E-state index contributed by atoms with van der Waals surface area (Å²) in [6, 6.07) is 0. The fourth-order valence-corrected chi connectivity index (χ4v) is 0.346. The summed E-state index contributed by atoms with van der Waals surface area (Å²) in [5.74, 6) is -1.88. The van der Waals surface area contributed by atoms with Crippen molar-refractivity contribution in [3.63, 3.8) is 0 Å². The highest BCUT2D eigenvalue weighted by Crippen LogP contribution is 2.14. The average Bonchev–Trinajstić information content (AvgIpc) is 2.02. The Hall–Kier alpha value is -1.07. The summed E-state index contributed by atoms with van der Waals surface area (Å²) in [6.45, 7) is 5.95. The lowest BCUT2D eigenvalue weighted by Crippen LogP contribution is -2.18. The van der Waals surface area contributed by atoms with Crippen molar-refractivity contribution in [1.29, 1.82) is 0 Å².